The number of rotatable bonds is 6. The van der Waals surface area contributed by atoms with Crippen molar-refractivity contribution >= 4 is 11.6 Å². The molecule has 1 aliphatic heterocycles. The monoisotopic (exact) mass is 331 g/mol. The first-order chi connectivity index (χ1) is 11.7. The highest BCUT2D eigenvalue weighted by atomic mass is 19.1. The number of benzene rings is 1. The summed E-state index contributed by atoms with van der Waals surface area (Å²) in [5.41, 5.74) is 2.01. The van der Waals surface area contributed by atoms with Gasteiger partial charge in [0.25, 0.3) is 0 Å². The summed E-state index contributed by atoms with van der Waals surface area (Å²) in [6.45, 7) is 4.30. The number of hydrogen-bond donors (Lipinski definition) is 2. The maximum absolute atomic E-state index is 13.0. The summed E-state index contributed by atoms with van der Waals surface area (Å²) >= 11 is 0. The number of halogens is 1. The Bertz CT molecular complexity index is 636. The topological polar surface area (TPSA) is 64.3 Å². The molecule has 1 amide bonds. The van der Waals surface area contributed by atoms with Gasteiger partial charge < -0.3 is 15.1 Å². The lowest BCUT2D eigenvalue weighted by atomic mass is 10.2. The Balaban J connectivity index is 1.37. The van der Waals surface area contributed by atoms with Gasteiger partial charge in [0.2, 0.25) is 5.91 Å². The Morgan fingerprint density at radius 2 is 1.92 bits per heavy atom. The van der Waals surface area contributed by atoms with E-state index in [9.17, 15) is 9.18 Å². The number of piperazine rings is 1. The molecule has 0 unspecified atom stereocenters. The van der Waals surface area contributed by atoms with Gasteiger partial charge in [0, 0.05) is 63.3 Å². The normalized spacial score (nSPS) is 14.9. The summed E-state index contributed by atoms with van der Waals surface area (Å²) < 4.78 is 13.0. The van der Waals surface area contributed by atoms with Crippen LogP contribution in [0.15, 0.2) is 36.5 Å². The van der Waals surface area contributed by atoms with Crippen molar-refractivity contribution in [3.8, 4) is 0 Å². The van der Waals surface area contributed by atoms with Crippen LogP contribution in [-0.4, -0.2) is 53.7 Å². The predicted molar refractivity (Wildman–Crippen MR) is 90.1 cm³/mol. The van der Waals surface area contributed by atoms with Gasteiger partial charge in [0.05, 0.1) is 0 Å². The molecule has 0 bridgehead atoms. The molecule has 6 nitrogen and oxygen atoms in total. The highest BCUT2D eigenvalue weighted by Crippen LogP contribution is 2.17. The van der Waals surface area contributed by atoms with Crippen LogP contribution in [-0.2, 0) is 11.3 Å². The molecule has 2 heterocycles. The minimum atomic E-state index is -0.227. The Kier molecular flexibility index (Phi) is 5.43. The molecular formula is C17H22FN5O. The molecule has 24 heavy (non-hydrogen) atoms. The molecule has 0 radical (unpaired) electrons. The lowest BCUT2D eigenvalue weighted by Gasteiger charge is -2.36. The van der Waals surface area contributed by atoms with E-state index in [1.54, 1.807) is 18.3 Å². The van der Waals surface area contributed by atoms with Gasteiger partial charge in [-0.25, -0.2) is 4.39 Å². The summed E-state index contributed by atoms with van der Waals surface area (Å²) in [5.74, 6) is -0.0546. The Morgan fingerprint density at radius 1 is 1.17 bits per heavy atom. The van der Waals surface area contributed by atoms with Crippen LogP contribution in [0, 0.1) is 5.82 Å². The molecule has 1 aromatic heterocycles. The van der Waals surface area contributed by atoms with Crippen molar-refractivity contribution in [2.24, 2.45) is 0 Å². The second kappa shape index (κ2) is 7.92. The van der Waals surface area contributed by atoms with Gasteiger partial charge in [0.15, 0.2) is 0 Å². The summed E-state index contributed by atoms with van der Waals surface area (Å²) in [4.78, 5) is 16.3. The second-order valence-electron chi connectivity index (χ2n) is 5.85. The molecule has 1 aliphatic rings. The number of amides is 1. The molecule has 1 aromatic carbocycles. The van der Waals surface area contributed by atoms with Crippen molar-refractivity contribution in [1.82, 2.24) is 20.4 Å². The van der Waals surface area contributed by atoms with Crippen LogP contribution in [0.3, 0.4) is 0 Å². The zero-order chi connectivity index (χ0) is 16.8. The van der Waals surface area contributed by atoms with Crippen molar-refractivity contribution < 1.29 is 9.18 Å². The number of anilines is 1. The quantitative estimate of drug-likeness (QED) is 0.785. The number of carbonyl (C=O) groups excluding carboxylic acids is 1. The second-order valence-corrected chi connectivity index (χ2v) is 5.85. The van der Waals surface area contributed by atoms with Gasteiger partial charge in [-0.05, 0) is 30.3 Å². The van der Waals surface area contributed by atoms with E-state index in [2.05, 4.69) is 20.4 Å². The number of hydrogen-bond acceptors (Lipinski definition) is 4. The number of aromatic amines is 1. The fourth-order valence-electron chi connectivity index (χ4n) is 2.83. The average Bonchev–Trinajstić information content (AvgIpc) is 3.13. The number of H-pyrrole nitrogens is 1. The first-order valence-electron chi connectivity index (χ1n) is 8.19. The highest BCUT2D eigenvalue weighted by molar-refractivity contribution is 5.76. The molecule has 0 atom stereocenters. The summed E-state index contributed by atoms with van der Waals surface area (Å²) in [7, 11) is 0. The Hall–Kier alpha value is -2.41. The molecule has 1 saturated heterocycles. The van der Waals surface area contributed by atoms with E-state index in [4.69, 9.17) is 0 Å². The molecule has 2 aromatic rings. The fraction of sp³-hybridized carbons (Fsp3) is 0.412. The van der Waals surface area contributed by atoms with Gasteiger partial charge in [-0.2, -0.15) is 5.10 Å². The lowest BCUT2D eigenvalue weighted by molar-refractivity contribution is -0.131. The van der Waals surface area contributed by atoms with E-state index in [0.29, 0.717) is 32.6 Å². The van der Waals surface area contributed by atoms with E-state index in [1.165, 1.54) is 12.1 Å². The zero-order valence-corrected chi connectivity index (χ0v) is 13.5. The van der Waals surface area contributed by atoms with Crippen LogP contribution >= 0.6 is 0 Å². The average molecular weight is 331 g/mol. The maximum Gasteiger partial charge on any atom is 0.223 e. The van der Waals surface area contributed by atoms with Gasteiger partial charge in [-0.15, -0.1) is 0 Å². The molecular weight excluding hydrogens is 309 g/mol. The van der Waals surface area contributed by atoms with Crippen molar-refractivity contribution in [2.75, 3.05) is 37.6 Å². The van der Waals surface area contributed by atoms with Crippen molar-refractivity contribution in [1.29, 1.82) is 0 Å². The number of nitrogens with one attached hydrogen (secondary N) is 2. The number of nitrogens with zero attached hydrogens (tertiary/aromatic N) is 3. The van der Waals surface area contributed by atoms with Gasteiger partial charge in [0.1, 0.15) is 5.82 Å². The highest BCUT2D eigenvalue weighted by Gasteiger charge is 2.20. The minimum Gasteiger partial charge on any atom is -0.368 e. The Morgan fingerprint density at radius 3 is 2.58 bits per heavy atom. The SMILES string of the molecule is O=C(CCNCc1ccn[nH]1)N1CCN(c2ccc(F)cc2)CC1. The Labute approximate surface area is 140 Å². The van der Waals surface area contributed by atoms with Crippen molar-refractivity contribution in [2.45, 2.75) is 13.0 Å². The third kappa shape index (κ3) is 4.32. The standard InChI is InChI=1S/C17H22FN5O/c18-14-1-3-16(4-2-14)22-9-11-23(12-10-22)17(24)6-7-19-13-15-5-8-20-21-15/h1-5,8,19H,6-7,9-13H2,(H,20,21). The maximum atomic E-state index is 13.0. The summed E-state index contributed by atoms with van der Waals surface area (Å²) in [6, 6.07) is 8.41. The molecule has 0 saturated carbocycles. The number of aromatic nitrogens is 2. The summed E-state index contributed by atoms with van der Waals surface area (Å²) in [5, 5.41) is 9.99. The van der Waals surface area contributed by atoms with Crippen LogP contribution in [0.4, 0.5) is 10.1 Å². The molecule has 0 aliphatic carbocycles. The van der Waals surface area contributed by atoms with Gasteiger partial charge >= 0.3 is 0 Å². The summed E-state index contributed by atoms with van der Waals surface area (Å²) in [6.07, 6.45) is 2.20. The van der Waals surface area contributed by atoms with Crippen LogP contribution in [0.25, 0.3) is 0 Å². The fourth-order valence-corrected chi connectivity index (χ4v) is 2.83. The van der Waals surface area contributed by atoms with Crippen molar-refractivity contribution in [3.05, 3.63) is 48.0 Å². The van der Waals surface area contributed by atoms with Crippen LogP contribution in [0.5, 0.6) is 0 Å². The van der Waals surface area contributed by atoms with Crippen molar-refractivity contribution in [3.63, 3.8) is 0 Å². The van der Waals surface area contributed by atoms with E-state index in [0.717, 1.165) is 24.5 Å². The van der Waals surface area contributed by atoms with Crippen LogP contribution in [0.1, 0.15) is 12.1 Å². The predicted octanol–water partition coefficient (Wildman–Crippen LogP) is 1.38. The first kappa shape index (κ1) is 16.4. The lowest BCUT2D eigenvalue weighted by Crippen LogP contribution is -2.49. The smallest absolute Gasteiger partial charge is 0.223 e. The van der Waals surface area contributed by atoms with E-state index in [-0.39, 0.29) is 11.7 Å². The molecule has 0 spiro atoms. The molecule has 1 fully saturated rings. The van der Waals surface area contributed by atoms with E-state index >= 15 is 0 Å². The largest absolute Gasteiger partial charge is 0.368 e. The van der Waals surface area contributed by atoms with Gasteiger partial charge in [-0.3, -0.25) is 9.89 Å². The molecule has 128 valence electrons. The molecule has 7 heteroatoms. The van der Waals surface area contributed by atoms with Crippen LogP contribution in [0.2, 0.25) is 0 Å². The first-order valence-corrected chi connectivity index (χ1v) is 8.19. The van der Waals surface area contributed by atoms with E-state index < -0.39 is 0 Å². The zero-order valence-electron chi connectivity index (χ0n) is 13.5. The van der Waals surface area contributed by atoms with E-state index in [1.807, 2.05) is 11.0 Å². The van der Waals surface area contributed by atoms with Crippen LogP contribution < -0.4 is 10.2 Å². The minimum absolute atomic E-state index is 0.172. The van der Waals surface area contributed by atoms with Gasteiger partial charge in [-0.1, -0.05) is 0 Å². The third-order valence-corrected chi connectivity index (χ3v) is 4.21. The molecule has 2 N–H and O–H groups in total. The third-order valence-electron chi connectivity index (χ3n) is 4.21. The number of carbonyl (C=O) groups is 1. The molecule has 3 rings (SSSR count).